The maximum absolute atomic E-state index is 10.3. The molecule has 0 aliphatic carbocycles. The SMILES string of the molecule is NCC(N)C(=O)ON=O. The van der Waals surface area contributed by atoms with Gasteiger partial charge >= 0.3 is 5.97 Å². The summed E-state index contributed by atoms with van der Waals surface area (Å²) in [5, 5.41) is 1.87. The molecule has 0 aliphatic rings. The normalized spacial score (nSPS) is 12.2. The molecule has 6 heteroatoms. The quantitative estimate of drug-likeness (QED) is 0.359. The van der Waals surface area contributed by atoms with Gasteiger partial charge in [-0.1, -0.05) is 0 Å². The molecule has 6 nitrogen and oxygen atoms in total. The van der Waals surface area contributed by atoms with Crippen LogP contribution in [0.3, 0.4) is 0 Å². The van der Waals surface area contributed by atoms with Crippen molar-refractivity contribution in [1.82, 2.24) is 0 Å². The molecule has 0 amide bonds. The zero-order valence-corrected chi connectivity index (χ0v) is 4.61. The molecule has 0 saturated carbocycles. The van der Waals surface area contributed by atoms with Crippen LogP contribution in [0.1, 0.15) is 0 Å². The Morgan fingerprint density at radius 1 is 1.78 bits per heavy atom. The van der Waals surface area contributed by atoms with E-state index in [2.05, 4.69) is 4.84 Å². The molecule has 52 valence electrons. The molecule has 0 aromatic carbocycles. The van der Waals surface area contributed by atoms with Crippen molar-refractivity contribution in [2.75, 3.05) is 6.54 Å². The maximum atomic E-state index is 10.3. The maximum Gasteiger partial charge on any atom is 0.356 e. The van der Waals surface area contributed by atoms with Crippen molar-refractivity contribution in [2.45, 2.75) is 6.04 Å². The summed E-state index contributed by atoms with van der Waals surface area (Å²) in [4.78, 5) is 23.1. The standard InChI is InChI=1S/C3H7N3O3/c4-1-2(5)3(7)9-6-8/h2H,1,4-5H2. The third-order valence-corrected chi connectivity index (χ3v) is 0.684. The minimum atomic E-state index is -0.956. The molecule has 0 aliphatic heterocycles. The van der Waals surface area contributed by atoms with Gasteiger partial charge in [-0.3, -0.25) is 4.84 Å². The highest BCUT2D eigenvalue weighted by Gasteiger charge is 2.12. The second-order valence-corrected chi connectivity index (χ2v) is 1.33. The Kier molecular flexibility index (Phi) is 3.49. The van der Waals surface area contributed by atoms with Crippen molar-refractivity contribution in [1.29, 1.82) is 0 Å². The largest absolute Gasteiger partial charge is 0.356 e. The lowest BCUT2D eigenvalue weighted by atomic mass is 10.3. The van der Waals surface area contributed by atoms with Gasteiger partial charge in [0.25, 0.3) is 0 Å². The van der Waals surface area contributed by atoms with E-state index in [4.69, 9.17) is 11.5 Å². The zero-order chi connectivity index (χ0) is 7.28. The molecule has 0 heterocycles. The molecule has 0 aromatic rings. The molecule has 0 spiro atoms. The first-order valence-corrected chi connectivity index (χ1v) is 2.21. The fourth-order valence-corrected chi connectivity index (χ4v) is 0.201. The van der Waals surface area contributed by atoms with E-state index in [-0.39, 0.29) is 6.54 Å². The van der Waals surface area contributed by atoms with E-state index >= 15 is 0 Å². The summed E-state index contributed by atoms with van der Waals surface area (Å²) in [6.45, 7) is -0.0612. The molecule has 0 radical (unpaired) electrons. The van der Waals surface area contributed by atoms with Crippen LogP contribution in [-0.2, 0) is 9.63 Å². The highest BCUT2D eigenvalue weighted by atomic mass is 16.7. The topological polar surface area (TPSA) is 108 Å². The monoisotopic (exact) mass is 133 g/mol. The number of rotatable bonds is 3. The summed E-state index contributed by atoms with van der Waals surface area (Å²) >= 11 is 0. The van der Waals surface area contributed by atoms with Crippen LogP contribution in [0.2, 0.25) is 0 Å². The van der Waals surface area contributed by atoms with Gasteiger partial charge in [0.2, 0.25) is 0 Å². The van der Waals surface area contributed by atoms with Crippen LogP contribution >= 0.6 is 0 Å². The molecule has 0 saturated heterocycles. The molecule has 1 unspecified atom stereocenters. The van der Waals surface area contributed by atoms with Crippen molar-refractivity contribution < 1.29 is 9.63 Å². The summed E-state index contributed by atoms with van der Waals surface area (Å²) in [6, 6.07) is -0.956. The first kappa shape index (κ1) is 7.99. The number of hydrogen-bond acceptors (Lipinski definition) is 6. The van der Waals surface area contributed by atoms with Crippen molar-refractivity contribution in [2.24, 2.45) is 16.8 Å². The molecular weight excluding hydrogens is 126 g/mol. The summed E-state index contributed by atoms with van der Waals surface area (Å²) < 4.78 is 0. The lowest BCUT2D eigenvalue weighted by Gasteiger charge is -2.00. The first-order valence-electron chi connectivity index (χ1n) is 2.21. The van der Waals surface area contributed by atoms with Gasteiger partial charge in [-0.15, -0.1) is 4.91 Å². The van der Waals surface area contributed by atoms with Crippen LogP contribution in [0.5, 0.6) is 0 Å². The lowest BCUT2D eigenvalue weighted by molar-refractivity contribution is -0.145. The molecule has 9 heavy (non-hydrogen) atoms. The third kappa shape index (κ3) is 2.73. The highest BCUT2D eigenvalue weighted by Crippen LogP contribution is 1.81. The smallest absolute Gasteiger partial charge is 0.328 e. The van der Waals surface area contributed by atoms with E-state index in [9.17, 15) is 9.70 Å². The molecule has 1 atom stereocenters. The lowest BCUT2D eigenvalue weighted by Crippen LogP contribution is -2.38. The zero-order valence-electron chi connectivity index (χ0n) is 4.61. The molecule has 4 N–H and O–H groups in total. The van der Waals surface area contributed by atoms with Gasteiger partial charge < -0.3 is 11.5 Å². The molecule has 0 fully saturated rings. The van der Waals surface area contributed by atoms with Crippen LogP contribution < -0.4 is 11.5 Å². The highest BCUT2D eigenvalue weighted by molar-refractivity contribution is 5.75. The van der Waals surface area contributed by atoms with Crippen LogP contribution in [0.15, 0.2) is 5.34 Å². The Labute approximate surface area is 51.1 Å². The molecule has 0 bridgehead atoms. The van der Waals surface area contributed by atoms with Gasteiger partial charge in [0.15, 0.2) is 5.34 Å². The molecule has 0 aromatic heterocycles. The van der Waals surface area contributed by atoms with E-state index in [0.29, 0.717) is 0 Å². The second-order valence-electron chi connectivity index (χ2n) is 1.33. The summed E-state index contributed by atoms with van der Waals surface area (Å²) in [5.74, 6) is -0.910. The third-order valence-electron chi connectivity index (χ3n) is 0.684. The van der Waals surface area contributed by atoms with E-state index in [1.165, 1.54) is 0 Å². The summed E-state index contributed by atoms with van der Waals surface area (Å²) in [6.07, 6.45) is 0. The van der Waals surface area contributed by atoms with E-state index < -0.39 is 12.0 Å². The van der Waals surface area contributed by atoms with Crippen LogP contribution in [0, 0.1) is 4.91 Å². The summed E-state index contributed by atoms with van der Waals surface area (Å²) in [7, 11) is 0. The van der Waals surface area contributed by atoms with Crippen LogP contribution in [0.4, 0.5) is 0 Å². The number of nitrogens with two attached hydrogens (primary N) is 2. The molecular formula is C3H7N3O3. The Bertz CT molecular complexity index is 115. The summed E-state index contributed by atoms with van der Waals surface area (Å²) in [5.41, 5.74) is 9.94. The van der Waals surface area contributed by atoms with Gasteiger partial charge in [-0.05, 0) is 0 Å². The van der Waals surface area contributed by atoms with Crippen molar-refractivity contribution in [3.05, 3.63) is 4.91 Å². The Morgan fingerprint density at radius 3 is 2.67 bits per heavy atom. The number of carbonyl (C=O) groups excluding carboxylic acids is 1. The minimum Gasteiger partial charge on any atom is -0.328 e. The van der Waals surface area contributed by atoms with Crippen molar-refractivity contribution >= 4 is 5.97 Å². The first-order chi connectivity index (χ1) is 4.22. The van der Waals surface area contributed by atoms with E-state index in [1.807, 2.05) is 5.34 Å². The van der Waals surface area contributed by atoms with Crippen LogP contribution in [0.25, 0.3) is 0 Å². The van der Waals surface area contributed by atoms with Gasteiger partial charge in [-0.2, -0.15) is 0 Å². The Balaban J connectivity index is 3.58. The Hall–Kier alpha value is -1.01. The average molecular weight is 133 g/mol. The predicted octanol–water partition coefficient (Wildman–Crippen LogP) is -1.50. The van der Waals surface area contributed by atoms with Gasteiger partial charge in [0.1, 0.15) is 6.04 Å². The van der Waals surface area contributed by atoms with Crippen LogP contribution in [-0.4, -0.2) is 18.6 Å². The fraction of sp³-hybridized carbons (Fsp3) is 0.667. The van der Waals surface area contributed by atoms with Gasteiger partial charge in [0, 0.05) is 6.54 Å². The predicted molar refractivity (Wildman–Crippen MR) is 28.9 cm³/mol. The molecule has 0 rings (SSSR count). The second kappa shape index (κ2) is 3.93. The fourth-order valence-electron chi connectivity index (χ4n) is 0.201. The number of hydrogen-bond donors (Lipinski definition) is 2. The average Bonchev–Trinajstić information content (AvgIpc) is 1.87. The Morgan fingerprint density at radius 2 is 2.33 bits per heavy atom. The van der Waals surface area contributed by atoms with Gasteiger partial charge in [-0.25, -0.2) is 4.79 Å². The van der Waals surface area contributed by atoms with E-state index in [1.54, 1.807) is 0 Å². The number of nitrogens with zero attached hydrogens (tertiary/aromatic N) is 1. The van der Waals surface area contributed by atoms with E-state index in [0.717, 1.165) is 0 Å². The minimum absolute atomic E-state index is 0.0612. The number of carbonyl (C=O) groups is 1. The van der Waals surface area contributed by atoms with Gasteiger partial charge in [0.05, 0.1) is 0 Å². The van der Waals surface area contributed by atoms with Crippen molar-refractivity contribution in [3.63, 3.8) is 0 Å². The van der Waals surface area contributed by atoms with Crippen molar-refractivity contribution in [3.8, 4) is 0 Å².